The number of hydrogen-bond acceptors (Lipinski definition) is 5. The van der Waals surface area contributed by atoms with Gasteiger partial charge < -0.3 is 25.0 Å². The van der Waals surface area contributed by atoms with E-state index in [-0.39, 0.29) is 10.9 Å². The Morgan fingerprint density at radius 2 is 1.97 bits per heavy atom. The van der Waals surface area contributed by atoms with Crippen molar-refractivity contribution >= 4 is 45.3 Å². The van der Waals surface area contributed by atoms with Crippen molar-refractivity contribution in [1.82, 2.24) is 4.90 Å². The molecular formula is C28H33ClFN3O3. The normalized spacial score (nSPS) is 11.4. The van der Waals surface area contributed by atoms with Gasteiger partial charge in [-0.3, -0.25) is 4.79 Å². The molecule has 2 N–H and O–H groups in total. The first-order chi connectivity index (χ1) is 17.4. The molecule has 3 aromatic carbocycles. The fourth-order valence-electron chi connectivity index (χ4n) is 3.75. The smallest absolute Gasteiger partial charge is 0.248 e. The van der Waals surface area contributed by atoms with Gasteiger partial charge in [0.1, 0.15) is 11.6 Å². The van der Waals surface area contributed by atoms with E-state index in [1.165, 1.54) is 18.2 Å². The standard InChI is InChI=1S/C28H33ClFN3O3/c1-4-36-27-17-20-9-7-10-25(31-21-12-13-24(30)23(29)18-21)22(20)19-26(27)32-28(34)11-8-15-33(2)14-5-6-16-35-3/h7-13,17-19,31H,4-6,14-16H2,1-3H3,(H,32,34)/b11-8+. The minimum absolute atomic E-state index is 0.0410. The van der Waals surface area contributed by atoms with Crippen LogP contribution in [0.5, 0.6) is 5.75 Å². The van der Waals surface area contributed by atoms with E-state index in [1.54, 1.807) is 13.2 Å². The Labute approximate surface area is 217 Å². The van der Waals surface area contributed by atoms with Gasteiger partial charge in [-0.15, -0.1) is 0 Å². The van der Waals surface area contributed by atoms with E-state index in [2.05, 4.69) is 15.5 Å². The minimum Gasteiger partial charge on any atom is -0.492 e. The van der Waals surface area contributed by atoms with Gasteiger partial charge in [-0.2, -0.15) is 0 Å². The molecule has 1 amide bonds. The van der Waals surface area contributed by atoms with Crippen LogP contribution in [0.1, 0.15) is 19.8 Å². The van der Waals surface area contributed by atoms with Crippen LogP contribution >= 0.6 is 11.6 Å². The number of carbonyl (C=O) groups is 1. The molecule has 0 fully saturated rings. The molecule has 0 bridgehead atoms. The first kappa shape index (κ1) is 27.5. The van der Waals surface area contributed by atoms with Crippen LogP contribution in [0.15, 0.2) is 60.7 Å². The number of fused-ring (bicyclic) bond motifs is 1. The van der Waals surface area contributed by atoms with Crippen molar-refractivity contribution in [3.63, 3.8) is 0 Å². The lowest BCUT2D eigenvalue weighted by Crippen LogP contribution is -2.20. The number of halogens is 2. The highest BCUT2D eigenvalue weighted by Gasteiger charge is 2.12. The third kappa shape index (κ3) is 7.95. The zero-order chi connectivity index (χ0) is 25.9. The topological polar surface area (TPSA) is 62.8 Å². The summed E-state index contributed by atoms with van der Waals surface area (Å²) in [5, 5.41) is 8.07. The fraction of sp³-hybridized carbons (Fsp3) is 0.321. The van der Waals surface area contributed by atoms with Gasteiger partial charge in [0.2, 0.25) is 5.91 Å². The van der Waals surface area contributed by atoms with Crippen LogP contribution in [0.25, 0.3) is 10.8 Å². The Morgan fingerprint density at radius 3 is 2.72 bits per heavy atom. The molecule has 3 rings (SSSR count). The molecule has 192 valence electrons. The fourth-order valence-corrected chi connectivity index (χ4v) is 3.93. The predicted octanol–water partition coefficient (Wildman–Crippen LogP) is 6.63. The Balaban J connectivity index is 1.76. The summed E-state index contributed by atoms with van der Waals surface area (Å²) in [7, 11) is 3.73. The Kier molecular flexibility index (Phi) is 10.5. The quantitative estimate of drug-likeness (QED) is 0.198. The Hall–Kier alpha value is -3.13. The van der Waals surface area contributed by atoms with Gasteiger partial charge in [0, 0.05) is 43.1 Å². The summed E-state index contributed by atoms with van der Waals surface area (Å²) in [6.07, 6.45) is 5.44. The maximum atomic E-state index is 13.6. The van der Waals surface area contributed by atoms with E-state index in [1.807, 2.05) is 50.4 Å². The highest BCUT2D eigenvalue weighted by Crippen LogP contribution is 2.35. The molecule has 0 aliphatic carbocycles. The van der Waals surface area contributed by atoms with Gasteiger partial charge in [0.05, 0.1) is 17.3 Å². The maximum absolute atomic E-state index is 13.6. The number of ether oxygens (including phenoxy) is 2. The largest absolute Gasteiger partial charge is 0.492 e. The van der Waals surface area contributed by atoms with Crippen molar-refractivity contribution in [3.8, 4) is 5.75 Å². The molecule has 0 atom stereocenters. The Bertz CT molecular complexity index is 1200. The maximum Gasteiger partial charge on any atom is 0.248 e. The lowest BCUT2D eigenvalue weighted by Gasteiger charge is -2.16. The van der Waals surface area contributed by atoms with E-state index in [4.69, 9.17) is 21.1 Å². The summed E-state index contributed by atoms with van der Waals surface area (Å²) in [6.45, 7) is 4.72. The van der Waals surface area contributed by atoms with Crippen LogP contribution in [0.2, 0.25) is 5.02 Å². The average Bonchev–Trinajstić information content (AvgIpc) is 2.85. The van der Waals surface area contributed by atoms with E-state index in [9.17, 15) is 9.18 Å². The van der Waals surface area contributed by atoms with Crippen LogP contribution < -0.4 is 15.4 Å². The van der Waals surface area contributed by atoms with Crippen LogP contribution in [-0.2, 0) is 9.53 Å². The second-order valence-electron chi connectivity index (χ2n) is 8.42. The van der Waals surface area contributed by atoms with E-state index >= 15 is 0 Å². The third-order valence-electron chi connectivity index (χ3n) is 5.56. The second kappa shape index (κ2) is 13.8. The second-order valence-corrected chi connectivity index (χ2v) is 8.82. The minimum atomic E-state index is -0.475. The summed E-state index contributed by atoms with van der Waals surface area (Å²) in [4.78, 5) is 14.8. The van der Waals surface area contributed by atoms with Crippen molar-refractivity contribution < 1.29 is 18.7 Å². The number of rotatable bonds is 13. The third-order valence-corrected chi connectivity index (χ3v) is 5.85. The molecule has 0 aliphatic rings. The van der Waals surface area contributed by atoms with Gasteiger partial charge in [0.15, 0.2) is 0 Å². The van der Waals surface area contributed by atoms with Crippen molar-refractivity contribution in [2.24, 2.45) is 0 Å². The molecular weight excluding hydrogens is 481 g/mol. The lowest BCUT2D eigenvalue weighted by molar-refractivity contribution is -0.111. The SMILES string of the molecule is CCOc1cc2cccc(Nc3ccc(F)c(Cl)c3)c2cc1NC(=O)/C=C/CN(C)CCCCOC. The highest BCUT2D eigenvalue weighted by atomic mass is 35.5. The van der Waals surface area contributed by atoms with Gasteiger partial charge in [-0.25, -0.2) is 4.39 Å². The highest BCUT2D eigenvalue weighted by molar-refractivity contribution is 6.31. The Morgan fingerprint density at radius 1 is 1.14 bits per heavy atom. The molecule has 0 unspecified atom stereocenters. The average molecular weight is 514 g/mol. The molecule has 0 saturated carbocycles. The molecule has 0 radical (unpaired) electrons. The number of nitrogens with zero attached hydrogens (tertiary/aromatic N) is 1. The summed E-state index contributed by atoms with van der Waals surface area (Å²) in [6, 6.07) is 14.0. The summed E-state index contributed by atoms with van der Waals surface area (Å²) in [5.41, 5.74) is 2.01. The molecule has 36 heavy (non-hydrogen) atoms. The van der Waals surface area contributed by atoms with Crippen LogP contribution in [0, 0.1) is 5.82 Å². The summed E-state index contributed by atoms with van der Waals surface area (Å²) in [5.74, 6) is -0.125. The molecule has 3 aromatic rings. The van der Waals surface area contributed by atoms with Crippen LogP contribution in [0.4, 0.5) is 21.5 Å². The molecule has 0 heterocycles. The van der Waals surface area contributed by atoms with Crippen LogP contribution in [-0.4, -0.2) is 51.3 Å². The molecule has 8 heteroatoms. The number of nitrogens with one attached hydrogen (secondary N) is 2. The number of anilines is 3. The predicted molar refractivity (Wildman–Crippen MR) is 146 cm³/mol. The van der Waals surface area contributed by atoms with Gasteiger partial charge in [-0.1, -0.05) is 29.8 Å². The van der Waals surface area contributed by atoms with Gasteiger partial charge in [-0.05, 0) is 75.1 Å². The lowest BCUT2D eigenvalue weighted by atomic mass is 10.1. The number of carbonyl (C=O) groups excluding carboxylic acids is 1. The van der Waals surface area contributed by atoms with Crippen molar-refractivity contribution in [1.29, 1.82) is 0 Å². The van der Waals surface area contributed by atoms with Gasteiger partial charge >= 0.3 is 0 Å². The molecule has 0 aromatic heterocycles. The molecule has 0 saturated heterocycles. The monoisotopic (exact) mass is 513 g/mol. The molecule has 0 aliphatic heterocycles. The number of amides is 1. The van der Waals surface area contributed by atoms with Crippen molar-refractivity contribution in [2.45, 2.75) is 19.8 Å². The summed E-state index contributed by atoms with van der Waals surface area (Å²) >= 11 is 5.94. The van der Waals surface area contributed by atoms with Crippen molar-refractivity contribution in [2.75, 3.05) is 51.1 Å². The summed E-state index contributed by atoms with van der Waals surface area (Å²) < 4.78 is 24.4. The van der Waals surface area contributed by atoms with E-state index < -0.39 is 5.82 Å². The zero-order valence-electron chi connectivity index (χ0n) is 20.9. The van der Waals surface area contributed by atoms with E-state index in [0.717, 1.165) is 42.5 Å². The first-order valence-corrected chi connectivity index (χ1v) is 12.4. The number of hydrogen-bond donors (Lipinski definition) is 2. The van der Waals surface area contributed by atoms with Crippen LogP contribution in [0.3, 0.4) is 0 Å². The molecule has 0 spiro atoms. The number of benzene rings is 3. The van der Waals surface area contributed by atoms with Crippen molar-refractivity contribution in [3.05, 3.63) is 71.5 Å². The van der Waals surface area contributed by atoms with E-state index in [0.29, 0.717) is 30.3 Å². The number of methoxy groups -OCH3 is 1. The zero-order valence-corrected chi connectivity index (χ0v) is 21.7. The first-order valence-electron chi connectivity index (χ1n) is 12.0. The number of likely N-dealkylation sites (N-methyl/N-ethyl adjacent to an activating group) is 1. The molecule has 6 nitrogen and oxygen atoms in total. The van der Waals surface area contributed by atoms with Gasteiger partial charge in [0.25, 0.3) is 0 Å². The number of unbranched alkanes of at least 4 members (excludes halogenated alkanes) is 1.